The van der Waals surface area contributed by atoms with E-state index in [1.54, 1.807) is 0 Å². The normalized spacial score (nSPS) is 15.7. The van der Waals surface area contributed by atoms with Crippen LogP contribution < -0.4 is 0 Å². The van der Waals surface area contributed by atoms with Gasteiger partial charge in [-0.2, -0.15) is 0 Å². The number of unbranched alkanes of at least 4 members (excludes halogenated alkanes) is 13. The van der Waals surface area contributed by atoms with E-state index in [1.165, 1.54) is 135 Å². The van der Waals surface area contributed by atoms with E-state index in [9.17, 15) is 0 Å². The molecule has 30 heavy (non-hydrogen) atoms. The van der Waals surface area contributed by atoms with Crippen molar-refractivity contribution < 1.29 is 9.47 Å². The third-order valence-corrected chi connectivity index (χ3v) is 7.55. The molecule has 0 aromatic heterocycles. The summed E-state index contributed by atoms with van der Waals surface area (Å²) in [6.07, 6.45) is 31.7. The summed E-state index contributed by atoms with van der Waals surface area (Å²) in [6.45, 7) is 2.28. The number of methoxy groups -OCH3 is 2. The Labute approximate surface area is 190 Å². The van der Waals surface area contributed by atoms with Crippen molar-refractivity contribution >= 4 is 0 Å². The first kappa shape index (κ1) is 28.0. The Morgan fingerprint density at radius 1 is 0.567 bits per heavy atom. The van der Waals surface area contributed by atoms with Crippen LogP contribution in [0, 0.1) is 5.92 Å². The molecule has 180 valence electrons. The molecule has 0 radical (unpaired) electrons. The van der Waals surface area contributed by atoms with Gasteiger partial charge in [0.2, 0.25) is 0 Å². The van der Waals surface area contributed by atoms with E-state index in [-0.39, 0.29) is 5.79 Å². The van der Waals surface area contributed by atoms with Crippen LogP contribution in [0.15, 0.2) is 0 Å². The van der Waals surface area contributed by atoms with Crippen LogP contribution >= 0.6 is 0 Å². The van der Waals surface area contributed by atoms with Crippen molar-refractivity contribution in [2.24, 2.45) is 5.92 Å². The lowest BCUT2D eigenvalue weighted by Gasteiger charge is -2.31. The van der Waals surface area contributed by atoms with Gasteiger partial charge in [0.15, 0.2) is 5.79 Å². The van der Waals surface area contributed by atoms with Gasteiger partial charge in [-0.15, -0.1) is 0 Å². The monoisotopic (exact) mass is 424 g/mol. The van der Waals surface area contributed by atoms with Gasteiger partial charge in [-0.25, -0.2) is 0 Å². The Balaban J connectivity index is 1.95. The highest BCUT2D eigenvalue weighted by Gasteiger charge is 2.28. The molecular formula is C28H56O2. The van der Waals surface area contributed by atoms with Gasteiger partial charge >= 0.3 is 0 Å². The molecule has 1 aliphatic carbocycles. The summed E-state index contributed by atoms with van der Waals surface area (Å²) in [6, 6.07) is 0. The quantitative estimate of drug-likeness (QED) is 0.135. The molecule has 0 atom stereocenters. The minimum absolute atomic E-state index is 0.331. The van der Waals surface area contributed by atoms with E-state index in [4.69, 9.17) is 9.47 Å². The Bertz CT molecular complexity index is 345. The summed E-state index contributed by atoms with van der Waals surface area (Å²) in [5.74, 6) is 0.740. The fourth-order valence-electron chi connectivity index (χ4n) is 5.33. The fourth-order valence-corrected chi connectivity index (χ4v) is 5.33. The molecule has 1 saturated carbocycles. The highest BCUT2D eigenvalue weighted by molar-refractivity contribution is 4.70. The van der Waals surface area contributed by atoms with Gasteiger partial charge in [0.05, 0.1) is 0 Å². The minimum atomic E-state index is -0.331. The third kappa shape index (κ3) is 14.1. The summed E-state index contributed by atoms with van der Waals surface area (Å²) in [4.78, 5) is 0. The van der Waals surface area contributed by atoms with Crippen LogP contribution in [0.2, 0.25) is 0 Å². The Morgan fingerprint density at radius 3 is 1.47 bits per heavy atom. The number of ether oxygens (including phenoxy) is 2. The van der Waals surface area contributed by atoms with Crippen molar-refractivity contribution in [2.75, 3.05) is 14.2 Å². The maximum atomic E-state index is 5.83. The highest BCUT2D eigenvalue weighted by atomic mass is 16.7. The molecule has 0 spiro atoms. The first-order valence-electron chi connectivity index (χ1n) is 13.9. The molecule has 2 heteroatoms. The third-order valence-electron chi connectivity index (χ3n) is 7.55. The maximum absolute atomic E-state index is 5.83. The van der Waals surface area contributed by atoms with Crippen molar-refractivity contribution in [3.8, 4) is 0 Å². The lowest BCUT2D eigenvalue weighted by Crippen LogP contribution is -2.33. The van der Waals surface area contributed by atoms with Crippen molar-refractivity contribution in [1.29, 1.82) is 0 Å². The van der Waals surface area contributed by atoms with Crippen LogP contribution in [-0.2, 0) is 9.47 Å². The molecule has 0 aromatic carbocycles. The van der Waals surface area contributed by atoms with E-state index < -0.39 is 0 Å². The second-order valence-corrected chi connectivity index (χ2v) is 10.1. The van der Waals surface area contributed by atoms with Crippen LogP contribution in [0.5, 0.6) is 0 Å². The van der Waals surface area contributed by atoms with Gasteiger partial charge < -0.3 is 9.47 Å². The van der Waals surface area contributed by atoms with Gasteiger partial charge in [0.1, 0.15) is 0 Å². The predicted molar refractivity (Wildman–Crippen MR) is 132 cm³/mol. The number of hydrogen-bond acceptors (Lipinski definition) is 2. The van der Waals surface area contributed by atoms with Crippen LogP contribution in [0.1, 0.15) is 155 Å². The standard InChI is InChI=1S/C28H56O2/c1-4-5-6-7-11-14-20-25-28(29-2,30-3)26-21-15-12-9-8-10-13-17-22-27-23-18-16-19-24-27/h27H,4-26H2,1-3H3. The second-order valence-electron chi connectivity index (χ2n) is 10.1. The van der Waals surface area contributed by atoms with Crippen molar-refractivity contribution in [3.05, 3.63) is 0 Å². The molecule has 0 amide bonds. The maximum Gasteiger partial charge on any atom is 0.167 e. The molecule has 0 bridgehead atoms. The van der Waals surface area contributed by atoms with Gasteiger partial charge in [-0.05, 0) is 18.8 Å². The molecule has 0 heterocycles. The van der Waals surface area contributed by atoms with Crippen LogP contribution in [0.3, 0.4) is 0 Å². The van der Waals surface area contributed by atoms with Crippen molar-refractivity contribution in [3.63, 3.8) is 0 Å². The SMILES string of the molecule is CCCCCCCCCC(CCCCCCCCCCC1CCCCC1)(OC)OC. The zero-order valence-corrected chi connectivity index (χ0v) is 21.2. The van der Waals surface area contributed by atoms with Gasteiger partial charge in [0.25, 0.3) is 0 Å². The Hall–Kier alpha value is -0.0800. The topological polar surface area (TPSA) is 18.5 Å². The van der Waals surface area contributed by atoms with Crippen LogP contribution in [0.25, 0.3) is 0 Å². The average Bonchev–Trinajstić information content (AvgIpc) is 2.79. The zero-order valence-electron chi connectivity index (χ0n) is 21.2. The number of rotatable bonds is 21. The molecule has 2 nitrogen and oxygen atoms in total. The molecule has 1 rings (SSSR count). The largest absolute Gasteiger partial charge is 0.353 e. The van der Waals surface area contributed by atoms with Crippen LogP contribution in [-0.4, -0.2) is 20.0 Å². The van der Waals surface area contributed by atoms with Gasteiger partial charge in [-0.1, -0.05) is 129 Å². The van der Waals surface area contributed by atoms with E-state index in [0.29, 0.717) is 0 Å². The van der Waals surface area contributed by atoms with E-state index in [2.05, 4.69) is 6.92 Å². The fraction of sp³-hybridized carbons (Fsp3) is 1.00. The average molecular weight is 425 g/mol. The minimum Gasteiger partial charge on any atom is -0.353 e. The summed E-state index contributed by atoms with van der Waals surface area (Å²) in [5.41, 5.74) is 0. The van der Waals surface area contributed by atoms with Gasteiger partial charge in [0, 0.05) is 27.1 Å². The van der Waals surface area contributed by atoms with E-state index in [0.717, 1.165) is 18.8 Å². The Morgan fingerprint density at radius 2 is 1.00 bits per heavy atom. The van der Waals surface area contributed by atoms with Crippen molar-refractivity contribution in [2.45, 2.75) is 160 Å². The lowest BCUT2D eigenvalue weighted by molar-refractivity contribution is -0.216. The van der Waals surface area contributed by atoms with Crippen LogP contribution in [0.4, 0.5) is 0 Å². The summed E-state index contributed by atoms with van der Waals surface area (Å²) in [7, 11) is 3.66. The molecule has 0 saturated heterocycles. The van der Waals surface area contributed by atoms with Crippen molar-refractivity contribution in [1.82, 2.24) is 0 Å². The molecule has 0 N–H and O–H groups in total. The molecule has 1 aliphatic rings. The molecule has 0 aliphatic heterocycles. The predicted octanol–water partition coefficient (Wildman–Crippen LogP) is 9.60. The second kappa shape index (κ2) is 19.6. The Kier molecular flexibility index (Phi) is 18.3. The van der Waals surface area contributed by atoms with Gasteiger partial charge in [-0.3, -0.25) is 0 Å². The number of hydrogen-bond donors (Lipinski definition) is 0. The molecule has 1 fully saturated rings. The first-order chi connectivity index (χ1) is 14.8. The summed E-state index contributed by atoms with van der Waals surface area (Å²) >= 11 is 0. The summed E-state index contributed by atoms with van der Waals surface area (Å²) in [5, 5.41) is 0. The zero-order chi connectivity index (χ0) is 21.8. The summed E-state index contributed by atoms with van der Waals surface area (Å²) < 4.78 is 11.7. The molecule has 0 aromatic rings. The molecule has 0 unspecified atom stereocenters. The first-order valence-corrected chi connectivity index (χ1v) is 13.9. The van der Waals surface area contributed by atoms with E-state index in [1.807, 2.05) is 14.2 Å². The smallest absolute Gasteiger partial charge is 0.167 e. The van der Waals surface area contributed by atoms with E-state index >= 15 is 0 Å². The highest BCUT2D eigenvalue weighted by Crippen LogP contribution is 2.29. The lowest BCUT2D eigenvalue weighted by atomic mass is 9.85. The molecular weight excluding hydrogens is 368 g/mol.